The number of alkyl halides is 3. The van der Waals surface area contributed by atoms with Crippen LogP contribution in [0.25, 0.3) is 0 Å². The molecule has 0 aliphatic carbocycles. The highest BCUT2D eigenvalue weighted by atomic mass is 19.4. The molecule has 2 N–H and O–H groups in total. The summed E-state index contributed by atoms with van der Waals surface area (Å²) in [6, 6.07) is -0.894. The second-order valence-electron chi connectivity index (χ2n) is 3.90. The van der Waals surface area contributed by atoms with Gasteiger partial charge in [-0.3, -0.25) is 4.79 Å². The molecule has 2 atom stereocenters. The topological polar surface area (TPSA) is 46.3 Å². The Morgan fingerprint density at radius 3 is 2.33 bits per heavy atom. The Labute approximate surface area is 86.4 Å². The maximum Gasteiger partial charge on any atom is 0.393 e. The van der Waals surface area contributed by atoms with Gasteiger partial charge in [-0.25, -0.2) is 0 Å². The molecule has 0 radical (unpaired) electrons. The van der Waals surface area contributed by atoms with Crippen LogP contribution in [0, 0.1) is 5.92 Å². The summed E-state index contributed by atoms with van der Waals surface area (Å²) in [5.74, 6) is -1.67. The molecule has 0 bridgehead atoms. The normalized spacial score (nSPS) is 28.7. The summed E-state index contributed by atoms with van der Waals surface area (Å²) >= 11 is 0. The lowest BCUT2D eigenvalue weighted by Gasteiger charge is -2.23. The lowest BCUT2D eigenvalue weighted by atomic mass is 9.95. The van der Waals surface area contributed by atoms with E-state index in [0.717, 1.165) is 0 Å². The van der Waals surface area contributed by atoms with Crippen molar-refractivity contribution in [1.82, 2.24) is 4.90 Å². The molecule has 1 aliphatic rings. The summed E-state index contributed by atoms with van der Waals surface area (Å²) in [7, 11) is 0. The van der Waals surface area contributed by atoms with Crippen LogP contribution in [0.4, 0.5) is 13.2 Å². The van der Waals surface area contributed by atoms with Crippen molar-refractivity contribution in [2.75, 3.05) is 13.1 Å². The lowest BCUT2D eigenvalue weighted by Crippen LogP contribution is -2.39. The van der Waals surface area contributed by atoms with Gasteiger partial charge in [0.05, 0.1) is 5.92 Å². The van der Waals surface area contributed by atoms with Crippen molar-refractivity contribution in [3.05, 3.63) is 0 Å². The van der Waals surface area contributed by atoms with Gasteiger partial charge in [0.2, 0.25) is 5.91 Å². The van der Waals surface area contributed by atoms with Crippen molar-refractivity contribution in [1.29, 1.82) is 0 Å². The van der Waals surface area contributed by atoms with Crippen molar-refractivity contribution < 1.29 is 18.0 Å². The van der Waals surface area contributed by atoms with Gasteiger partial charge >= 0.3 is 6.18 Å². The van der Waals surface area contributed by atoms with Crippen LogP contribution < -0.4 is 5.73 Å². The highest BCUT2D eigenvalue weighted by Gasteiger charge is 2.44. The highest BCUT2D eigenvalue weighted by Crippen LogP contribution is 2.33. The van der Waals surface area contributed by atoms with Gasteiger partial charge in [-0.05, 0) is 12.8 Å². The number of rotatable bonds is 0. The zero-order chi connectivity index (χ0) is 11.6. The van der Waals surface area contributed by atoms with Crippen LogP contribution in [-0.2, 0) is 4.79 Å². The van der Waals surface area contributed by atoms with Gasteiger partial charge in [-0.15, -0.1) is 0 Å². The third-order valence-corrected chi connectivity index (χ3v) is 2.82. The van der Waals surface area contributed by atoms with E-state index in [-0.39, 0.29) is 25.3 Å². The molecule has 15 heavy (non-hydrogen) atoms. The molecule has 2 unspecified atom stereocenters. The number of nitrogens with two attached hydrogens (primary N) is 1. The lowest BCUT2D eigenvalue weighted by molar-refractivity contribution is -0.181. The molecule has 1 fully saturated rings. The molecule has 0 spiro atoms. The van der Waals surface area contributed by atoms with Gasteiger partial charge in [-0.1, -0.05) is 0 Å². The van der Waals surface area contributed by atoms with Gasteiger partial charge in [0.1, 0.15) is 0 Å². The first-order valence-corrected chi connectivity index (χ1v) is 4.90. The number of carbonyl (C=O) groups is 1. The maximum atomic E-state index is 12.5. The minimum absolute atomic E-state index is 0.0930. The highest BCUT2D eigenvalue weighted by molar-refractivity contribution is 5.73. The Morgan fingerprint density at radius 1 is 1.33 bits per heavy atom. The van der Waals surface area contributed by atoms with Crippen molar-refractivity contribution in [2.45, 2.75) is 32.0 Å². The smallest absolute Gasteiger partial charge is 0.343 e. The van der Waals surface area contributed by atoms with Crippen molar-refractivity contribution in [3.8, 4) is 0 Å². The molecule has 1 heterocycles. The van der Waals surface area contributed by atoms with Crippen molar-refractivity contribution >= 4 is 5.91 Å². The maximum absolute atomic E-state index is 12.5. The first-order chi connectivity index (χ1) is 6.82. The molecule has 1 saturated heterocycles. The van der Waals surface area contributed by atoms with E-state index in [0.29, 0.717) is 6.54 Å². The zero-order valence-corrected chi connectivity index (χ0v) is 8.55. The van der Waals surface area contributed by atoms with Gasteiger partial charge in [-0.2, -0.15) is 13.2 Å². The molecular weight excluding hydrogens is 209 g/mol. The predicted octanol–water partition coefficient (Wildman–Crippen LogP) is 1.13. The third kappa shape index (κ3) is 3.09. The summed E-state index contributed by atoms with van der Waals surface area (Å²) < 4.78 is 37.6. The van der Waals surface area contributed by atoms with Crippen LogP contribution in [-0.4, -0.2) is 36.1 Å². The van der Waals surface area contributed by atoms with E-state index in [1.54, 1.807) is 0 Å². The zero-order valence-electron chi connectivity index (χ0n) is 8.55. The summed E-state index contributed by atoms with van der Waals surface area (Å²) in [6.07, 6.45) is -4.14. The van der Waals surface area contributed by atoms with Gasteiger partial charge in [0, 0.05) is 26.1 Å². The van der Waals surface area contributed by atoms with Crippen LogP contribution in [0.15, 0.2) is 0 Å². The number of hydrogen-bond acceptors (Lipinski definition) is 2. The first-order valence-electron chi connectivity index (χ1n) is 4.90. The Balaban J connectivity index is 2.68. The molecule has 0 aromatic rings. The largest absolute Gasteiger partial charge is 0.393 e. The fraction of sp³-hybridized carbons (Fsp3) is 0.889. The molecule has 88 valence electrons. The van der Waals surface area contributed by atoms with Crippen LogP contribution in [0.2, 0.25) is 0 Å². The molecule has 1 rings (SSSR count). The predicted molar refractivity (Wildman–Crippen MR) is 49.0 cm³/mol. The average Bonchev–Trinajstić information content (AvgIpc) is 2.25. The van der Waals surface area contributed by atoms with Crippen molar-refractivity contribution in [2.24, 2.45) is 11.7 Å². The molecule has 0 saturated carbocycles. The molecule has 1 amide bonds. The number of likely N-dealkylation sites (tertiary alicyclic amines) is 1. The van der Waals surface area contributed by atoms with E-state index in [9.17, 15) is 18.0 Å². The average molecular weight is 224 g/mol. The first kappa shape index (κ1) is 12.3. The minimum Gasteiger partial charge on any atom is -0.343 e. The van der Waals surface area contributed by atoms with E-state index in [2.05, 4.69) is 0 Å². The molecule has 1 aliphatic heterocycles. The number of hydrogen-bond donors (Lipinski definition) is 1. The number of halogens is 3. The Morgan fingerprint density at radius 2 is 1.87 bits per heavy atom. The third-order valence-electron chi connectivity index (χ3n) is 2.82. The van der Waals surface area contributed by atoms with E-state index in [4.69, 9.17) is 5.73 Å². The van der Waals surface area contributed by atoms with E-state index >= 15 is 0 Å². The van der Waals surface area contributed by atoms with Crippen LogP contribution in [0.3, 0.4) is 0 Å². The van der Waals surface area contributed by atoms with Crippen LogP contribution in [0.1, 0.15) is 19.8 Å². The van der Waals surface area contributed by atoms with Crippen LogP contribution in [0.5, 0.6) is 0 Å². The number of nitrogens with zero attached hydrogens (tertiary/aromatic N) is 1. The second-order valence-corrected chi connectivity index (χ2v) is 3.90. The van der Waals surface area contributed by atoms with Gasteiger partial charge in [0.15, 0.2) is 0 Å². The summed E-state index contributed by atoms with van der Waals surface area (Å²) in [4.78, 5) is 12.4. The molecular formula is C9H15F3N2O. The Hall–Kier alpha value is -0.780. The molecule has 0 aromatic heterocycles. The fourth-order valence-corrected chi connectivity index (χ4v) is 1.85. The summed E-state index contributed by atoms with van der Waals surface area (Å²) in [6.45, 7) is 1.83. The monoisotopic (exact) mass is 224 g/mol. The molecule has 3 nitrogen and oxygen atoms in total. The Kier molecular flexibility index (Phi) is 3.59. The summed E-state index contributed by atoms with van der Waals surface area (Å²) in [5.41, 5.74) is 5.47. The number of carbonyl (C=O) groups excluding carboxylic acids is 1. The molecule has 6 heteroatoms. The quantitative estimate of drug-likeness (QED) is 0.670. The van der Waals surface area contributed by atoms with E-state index < -0.39 is 18.1 Å². The number of amides is 1. The minimum atomic E-state index is -4.26. The Bertz CT molecular complexity index is 242. The van der Waals surface area contributed by atoms with E-state index in [1.165, 1.54) is 11.8 Å². The van der Waals surface area contributed by atoms with Gasteiger partial charge in [0.25, 0.3) is 0 Å². The second kappa shape index (κ2) is 4.38. The summed E-state index contributed by atoms with van der Waals surface area (Å²) in [5, 5.41) is 0. The van der Waals surface area contributed by atoms with E-state index in [1.807, 2.05) is 0 Å². The SMILES string of the molecule is CC(=O)N1CCC(N)C(C(F)(F)F)CC1. The van der Waals surface area contributed by atoms with Crippen molar-refractivity contribution in [3.63, 3.8) is 0 Å². The van der Waals surface area contributed by atoms with Gasteiger partial charge < -0.3 is 10.6 Å². The fourth-order valence-electron chi connectivity index (χ4n) is 1.85. The van der Waals surface area contributed by atoms with Crippen LogP contribution >= 0.6 is 0 Å². The molecule has 0 aromatic carbocycles. The standard InChI is InChI=1S/C9H15F3N2O/c1-6(15)14-4-2-7(9(10,11)12)8(13)3-5-14/h7-8H,2-5,13H2,1H3.